The third-order valence-electron chi connectivity index (χ3n) is 10.5. The van der Waals surface area contributed by atoms with E-state index >= 15 is 0 Å². The first kappa shape index (κ1) is 44.9. The minimum absolute atomic E-state index is 0.00802. The van der Waals surface area contributed by atoms with E-state index in [4.69, 9.17) is 33.2 Å². The topological polar surface area (TPSA) is 348 Å². The van der Waals surface area contributed by atoms with Crippen LogP contribution in [0.3, 0.4) is 0 Å². The molecule has 0 aliphatic carbocycles. The monoisotopic (exact) mass is 778 g/mol. The fourth-order valence-corrected chi connectivity index (χ4v) is 7.07. The van der Waals surface area contributed by atoms with Crippen LogP contribution in [0.1, 0.15) is 25.7 Å². The van der Waals surface area contributed by atoms with Crippen LogP contribution in [0.25, 0.3) is 0 Å². The Morgan fingerprint density at radius 1 is 0.396 bits per heavy atom. The molecule has 312 valence electrons. The molecule has 4 aliphatic rings. The zero-order chi connectivity index (χ0) is 39.0. The lowest BCUT2D eigenvalue weighted by molar-refractivity contribution is -0.241. The maximum absolute atomic E-state index is 10.5. The largest absolute Gasteiger partial charge is 0.394 e. The molecule has 4 heterocycles. The second kappa shape index (κ2) is 20.5. The zero-order valence-corrected chi connectivity index (χ0v) is 29.2. The summed E-state index contributed by atoms with van der Waals surface area (Å²) >= 11 is 0. The fourth-order valence-electron chi connectivity index (χ4n) is 7.07. The van der Waals surface area contributed by atoms with Gasteiger partial charge in [0.05, 0.1) is 57.5 Å². The highest BCUT2D eigenvalue weighted by molar-refractivity contribution is 5.02. The number of hydrogen-bond acceptors (Lipinski definition) is 21. The van der Waals surface area contributed by atoms with Crippen molar-refractivity contribution < 1.29 is 105 Å². The molecule has 0 spiro atoms. The van der Waals surface area contributed by atoms with E-state index < -0.39 is 142 Å². The molecular weight excluding hydrogens is 720 g/mol. The third-order valence-corrected chi connectivity index (χ3v) is 10.5. The van der Waals surface area contributed by atoms with Gasteiger partial charge in [-0.05, 0) is 25.7 Å². The Hall–Kier alpha value is -0.840. The first-order valence-electron chi connectivity index (χ1n) is 17.9. The van der Waals surface area contributed by atoms with Crippen molar-refractivity contribution >= 4 is 0 Å². The number of hydrogen-bond donors (Lipinski definition) is 14. The van der Waals surface area contributed by atoms with Crippen molar-refractivity contribution in [2.24, 2.45) is 0 Å². The van der Waals surface area contributed by atoms with Crippen LogP contribution in [0.4, 0.5) is 0 Å². The van der Waals surface area contributed by atoms with Gasteiger partial charge in [-0.15, -0.1) is 0 Å². The van der Waals surface area contributed by atoms with E-state index in [2.05, 4.69) is 0 Å². The van der Waals surface area contributed by atoms with Crippen LogP contribution >= 0.6 is 0 Å². The average molecular weight is 779 g/mol. The molecule has 4 aliphatic heterocycles. The fraction of sp³-hybridized carbons (Fsp3) is 1.00. The van der Waals surface area contributed by atoms with Gasteiger partial charge in [0.2, 0.25) is 0 Å². The predicted octanol–water partition coefficient (Wildman–Crippen LogP) is -8.02. The summed E-state index contributed by atoms with van der Waals surface area (Å²) in [5, 5.41) is 142. The molecule has 0 aromatic heterocycles. The van der Waals surface area contributed by atoms with Crippen LogP contribution < -0.4 is 0 Å². The molecule has 0 amide bonds. The molecule has 0 bridgehead atoms. The van der Waals surface area contributed by atoms with Crippen molar-refractivity contribution in [3.63, 3.8) is 0 Å². The van der Waals surface area contributed by atoms with E-state index in [0.29, 0.717) is 0 Å². The lowest BCUT2D eigenvalue weighted by Crippen LogP contribution is -2.59. The SMILES string of the molecule is OCC1O[C@@](CO)(COCC2OC(CCOCCC3OC(CCOCCC4OC(CO)[C@H](O)[C@H](O)[C@@H]4O)[C@H](O)[C@H](O)[C@@H]3O)[C@H](O)[C@H](O)[C@@H]2O)[C@H](O)[C@@H]1O. The van der Waals surface area contributed by atoms with Gasteiger partial charge in [-0.1, -0.05) is 0 Å². The first-order valence-corrected chi connectivity index (χ1v) is 17.9. The normalized spacial score (nSPS) is 46.5. The standard InChI is InChI=1S/C32H58O21/c33-9-18-25(40)29(44)23(38)16(51-18)3-7-47-5-1-14-21(36)28(43)22(37)15(50-14)2-6-48-8-4-17-24(39)30(45)26(41)20(52-17)11-49-13-32(12-35)31(46)27(42)19(10-34)53-32/h14-31,33-46H,1-13H2/t14?,15?,16?,17?,18?,19?,20?,21-,22+,23+,24-,25-,26+,27+,28-,29+,30-,31+,32-/m0/s1. The van der Waals surface area contributed by atoms with Crippen LogP contribution in [0.2, 0.25) is 0 Å². The second-order valence-corrected chi connectivity index (χ2v) is 14.1. The maximum Gasteiger partial charge on any atom is 0.143 e. The van der Waals surface area contributed by atoms with E-state index in [0.717, 1.165) is 0 Å². The molecule has 4 rings (SSSR count). The van der Waals surface area contributed by atoms with Gasteiger partial charge in [0, 0.05) is 26.4 Å². The molecule has 0 radical (unpaired) electrons. The minimum atomic E-state index is -1.75. The van der Waals surface area contributed by atoms with Gasteiger partial charge in [-0.3, -0.25) is 0 Å². The Bertz CT molecular complexity index is 1060. The van der Waals surface area contributed by atoms with Crippen molar-refractivity contribution in [3.8, 4) is 0 Å². The Morgan fingerprint density at radius 3 is 1.13 bits per heavy atom. The van der Waals surface area contributed by atoms with Gasteiger partial charge >= 0.3 is 0 Å². The molecule has 21 nitrogen and oxygen atoms in total. The van der Waals surface area contributed by atoms with Crippen LogP contribution in [0.15, 0.2) is 0 Å². The van der Waals surface area contributed by atoms with Crippen LogP contribution in [0.5, 0.6) is 0 Å². The third kappa shape index (κ3) is 10.6. The quantitative estimate of drug-likeness (QED) is 0.0541. The number of rotatable bonds is 19. The van der Waals surface area contributed by atoms with Crippen molar-refractivity contribution in [3.05, 3.63) is 0 Å². The Morgan fingerprint density at radius 2 is 0.755 bits per heavy atom. The molecule has 0 aromatic rings. The van der Waals surface area contributed by atoms with E-state index in [9.17, 15) is 71.5 Å². The summed E-state index contributed by atoms with van der Waals surface area (Å²) < 4.78 is 39.2. The zero-order valence-electron chi connectivity index (χ0n) is 29.2. The van der Waals surface area contributed by atoms with Gasteiger partial charge < -0.3 is 105 Å². The lowest BCUT2D eigenvalue weighted by atomic mass is 9.92. The van der Waals surface area contributed by atoms with E-state index in [1.165, 1.54) is 0 Å². The summed E-state index contributed by atoms with van der Waals surface area (Å²) in [6, 6.07) is 0. The summed E-state index contributed by atoms with van der Waals surface area (Å²) in [5.74, 6) is 0. The highest BCUT2D eigenvalue weighted by atomic mass is 16.6. The van der Waals surface area contributed by atoms with Gasteiger partial charge in [-0.25, -0.2) is 0 Å². The van der Waals surface area contributed by atoms with E-state index in [-0.39, 0.29) is 58.7 Å². The first-order chi connectivity index (χ1) is 25.2. The molecule has 4 fully saturated rings. The highest BCUT2D eigenvalue weighted by Gasteiger charge is 2.54. The van der Waals surface area contributed by atoms with Crippen LogP contribution in [-0.2, 0) is 33.2 Å². The summed E-state index contributed by atoms with van der Waals surface area (Å²) in [6.45, 7) is -2.65. The molecular formula is C32H58O21. The average Bonchev–Trinajstić information content (AvgIpc) is 3.40. The van der Waals surface area contributed by atoms with Crippen molar-refractivity contribution in [1.29, 1.82) is 0 Å². The summed E-state index contributed by atoms with van der Waals surface area (Å²) in [6.07, 6.45) is -23.2. The molecule has 19 atom stereocenters. The van der Waals surface area contributed by atoms with Gasteiger partial charge in [0.25, 0.3) is 0 Å². The molecule has 14 N–H and O–H groups in total. The molecule has 7 unspecified atom stereocenters. The Balaban J connectivity index is 1.16. The summed E-state index contributed by atoms with van der Waals surface area (Å²) in [7, 11) is 0. The number of aliphatic hydroxyl groups excluding tert-OH is 14. The molecule has 4 saturated heterocycles. The van der Waals surface area contributed by atoms with Crippen molar-refractivity contribution in [2.45, 2.75) is 141 Å². The minimum Gasteiger partial charge on any atom is -0.394 e. The second-order valence-electron chi connectivity index (χ2n) is 14.1. The molecule has 53 heavy (non-hydrogen) atoms. The van der Waals surface area contributed by atoms with Crippen molar-refractivity contribution in [1.82, 2.24) is 0 Å². The maximum atomic E-state index is 10.5. The summed E-state index contributed by atoms with van der Waals surface area (Å²) in [4.78, 5) is 0. The van der Waals surface area contributed by atoms with Gasteiger partial charge in [0.15, 0.2) is 0 Å². The van der Waals surface area contributed by atoms with Crippen LogP contribution in [0, 0.1) is 0 Å². The lowest BCUT2D eigenvalue weighted by Gasteiger charge is -2.41. The van der Waals surface area contributed by atoms with Gasteiger partial charge in [-0.2, -0.15) is 0 Å². The Kier molecular flexibility index (Phi) is 17.4. The van der Waals surface area contributed by atoms with E-state index in [1.54, 1.807) is 0 Å². The van der Waals surface area contributed by atoms with Crippen LogP contribution in [-0.4, -0.2) is 246 Å². The van der Waals surface area contributed by atoms with E-state index in [1.807, 2.05) is 0 Å². The summed E-state index contributed by atoms with van der Waals surface area (Å²) in [5.41, 5.74) is -1.75. The highest BCUT2D eigenvalue weighted by Crippen LogP contribution is 2.32. The molecule has 21 heteroatoms. The molecule has 0 aromatic carbocycles. The number of aliphatic hydroxyl groups is 14. The van der Waals surface area contributed by atoms with Gasteiger partial charge in [0.1, 0.15) is 91.1 Å². The number of ether oxygens (including phenoxy) is 7. The Labute approximate surface area is 305 Å². The van der Waals surface area contributed by atoms with Crippen molar-refractivity contribution in [2.75, 3.05) is 59.5 Å². The smallest absolute Gasteiger partial charge is 0.143 e. The predicted molar refractivity (Wildman–Crippen MR) is 172 cm³/mol. The molecule has 0 saturated carbocycles.